The highest BCUT2D eigenvalue weighted by molar-refractivity contribution is 8.00. The summed E-state index contributed by atoms with van der Waals surface area (Å²) >= 11 is 1.96. The summed E-state index contributed by atoms with van der Waals surface area (Å²) in [6, 6.07) is 9.59. The van der Waals surface area contributed by atoms with E-state index in [0.717, 1.165) is 0 Å². The lowest BCUT2D eigenvalue weighted by molar-refractivity contribution is 0.541. The van der Waals surface area contributed by atoms with Gasteiger partial charge in [-0.1, -0.05) is 39.8 Å². The average Bonchev–Trinajstić information content (AvgIpc) is 2.31. The van der Waals surface area contributed by atoms with Crippen LogP contribution < -0.4 is 5.32 Å². The molecule has 0 amide bonds. The van der Waals surface area contributed by atoms with Crippen molar-refractivity contribution in [2.75, 3.05) is 7.05 Å². The van der Waals surface area contributed by atoms with Gasteiger partial charge < -0.3 is 5.32 Å². The van der Waals surface area contributed by atoms with Gasteiger partial charge in [0.05, 0.1) is 0 Å². The molecule has 1 nitrogen and oxygen atoms in total. The minimum Gasteiger partial charge on any atom is -0.316 e. The van der Waals surface area contributed by atoms with E-state index in [1.165, 1.54) is 16.9 Å². The molecule has 1 aromatic rings. The van der Waals surface area contributed by atoms with Crippen LogP contribution in [-0.2, 0) is 0 Å². The van der Waals surface area contributed by atoms with E-state index in [0.29, 0.717) is 17.2 Å². The number of rotatable bonds is 6. The van der Waals surface area contributed by atoms with Crippen LogP contribution in [0.25, 0.3) is 0 Å². The van der Waals surface area contributed by atoms with Gasteiger partial charge in [-0.2, -0.15) is 0 Å². The first kappa shape index (κ1) is 14.6. The number of nitrogens with one attached hydrogen (secondary N) is 1. The number of hydrogen-bond donors (Lipinski definition) is 1. The van der Waals surface area contributed by atoms with Crippen LogP contribution in [0.15, 0.2) is 29.2 Å². The Hall–Kier alpha value is -0.470. The maximum absolute atomic E-state index is 3.38. The van der Waals surface area contributed by atoms with E-state index in [9.17, 15) is 0 Å². The molecule has 1 N–H and O–H groups in total. The van der Waals surface area contributed by atoms with Crippen molar-refractivity contribution in [3.05, 3.63) is 29.8 Å². The first-order valence-corrected chi connectivity index (χ1v) is 7.40. The Morgan fingerprint density at radius 1 is 1.12 bits per heavy atom. The van der Waals surface area contributed by atoms with Gasteiger partial charge in [0.15, 0.2) is 0 Å². The highest BCUT2D eigenvalue weighted by Crippen LogP contribution is 2.27. The Morgan fingerprint density at radius 2 is 1.71 bits per heavy atom. The van der Waals surface area contributed by atoms with Gasteiger partial charge in [0.2, 0.25) is 0 Å². The van der Waals surface area contributed by atoms with Crippen molar-refractivity contribution < 1.29 is 0 Å². The normalized spacial score (nSPS) is 14.9. The molecule has 0 saturated heterocycles. The van der Waals surface area contributed by atoms with Gasteiger partial charge in [0.25, 0.3) is 0 Å². The van der Waals surface area contributed by atoms with Gasteiger partial charge in [-0.05, 0) is 37.1 Å². The van der Waals surface area contributed by atoms with Crippen molar-refractivity contribution in [1.29, 1.82) is 0 Å². The first-order chi connectivity index (χ1) is 8.08. The fraction of sp³-hybridized carbons (Fsp3) is 0.600. The monoisotopic (exact) mass is 251 g/mol. The summed E-state index contributed by atoms with van der Waals surface area (Å²) in [7, 11) is 2.05. The average molecular weight is 251 g/mol. The van der Waals surface area contributed by atoms with Crippen LogP contribution >= 0.6 is 11.8 Å². The number of hydrogen-bond acceptors (Lipinski definition) is 2. The summed E-state index contributed by atoms with van der Waals surface area (Å²) in [5, 5.41) is 3.99. The minimum atomic E-state index is 0.588. The SMILES string of the molecule is CCC(NC)C(C)Sc1ccc(C(C)C)cc1. The minimum absolute atomic E-state index is 0.588. The number of benzene rings is 1. The molecule has 96 valence electrons. The third-order valence-corrected chi connectivity index (χ3v) is 4.49. The van der Waals surface area contributed by atoms with E-state index >= 15 is 0 Å². The van der Waals surface area contributed by atoms with Crippen LogP contribution in [0.5, 0.6) is 0 Å². The van der Waals surface area contributed by atoms with E-state index < -0.39 is 0 Å². The third kappa shape index (κ3) is 4.36. The molecule has 0 bridgehead atoms. The molecule has 2 atom stereocenters. The Labute approximate surface area is 110 Å². The molecule has 0 fully saturated rings. The fourth-order valence-electron chi connectivity index (χ4n) is 2.00. The molecule has 2 unspecified atom stereocenters. The summed E-state index contributed by atoms with van der Waals surface area (Å²) < 4.78 is 0. The largest absolute Gasteiger partial charge is 0.316 e. The predicted octanol–water partition coefficient (Wildman–Crippen LogP) is 4.29. The van der Waals surface area contributed by atoms with Gasteiger partial charge in [-0.15, -0.1) is 11.8 Å². The van der Waals surface area contributed by atoms with E-state index in [2.05, 4.69) is 57.3 Å². The van der Waals surface area contributed by atoms with Crippen LogP contribution in [0.3, 0.4) is 0 Å². The van der Waals surface area contributed by atoms with Gasteiger partial charge in [0, 0.05) is 16.2 Å². The summed E-state index contributed by atoms with van der Waals surface area (Å²) in [5.74, 6) is 0.618. The molecule has 0 saturated carbocycles. The Bertz CT molecular complexity index is 314. The van der Waals surface area contributed by atoms with Crippen LogP contribution in [0, 0.1) is 0 Å². The predicted molar refractivity (Wildman–Crippen MR) is 79.0 cm³/mol. The molecule has 17 heavy (non-hydrogen) atoms. The van der Waals surface area contributed by atoms with Gasteiger partial charge in [0.1, 0.15) is 0 Å². The zero-order valence-electron chi connectivity index (χ0n) is 11.7. The molecule has 0 aromatic heterocycles. The molecule has 0 radical (unpaired) electrons. The molecule has 1 rings (SSSR count). The summed E-state index contributed by atoms with van der Waals surface area (Å²) in [6.45, 7) is 9.00. The van der Waals surface area contributed by atoms with Gasteiger partial charge in [-0.25, -0.2) is 0 Å². The molecule has 2 heteroatoms. The second-order valence-corrected chi connectivity index (χ2v) is 6.30. The lowest BCUT2D eigenvalue weighted by atomic mass is 10.0. The highest BCUT2D eigenvalue weighted by atomic mass is 32.2. The van der Waals surface area contributed by atoms with Crippen LogP contribution in [0.1, 0.15) is 45.6 Å². The zero-order valence-corrected chi connectivity index (χ0v) is 12.5. The Morgan fingerprint density at radius 3 is 2.12 bits per heavy atom. The standard InChI is InChI=1S/C15H25NS/c1-6-15(16-5)12(4)17-14-9-7-13(8-10-14)11(2)3/h7-12,15-16H,6H2,1-5H3. The second-order valence-electron chi connectivity index (χ2n) is 4.85. The molecular weight excluding hydrogens is 226 g/mol. The van der Waals surface area contributed by atoms with E-state index in [1.54, 1.807) is 0 Å². The molecule has 0 aliphatic heterocycles. The molecule has 1 aromatic carbocycles. The Balaban J connectivity index is 2.62. The molecule has 0 heterocycles. The molecule has 0 aliphatic carbocycles. The van der Waals surface area contributed by atoms with Crippen molar-refractivity contribution >= 4 is 11.8 Å². The van der Waals surface area contributed by atoms with E-state index in [-0.39, 0.29) is 0 Å². The first-order valence-electron chi connectivity index (χ1n) is 6.52. The molecule has 0 spiro atoms. The summed E-state index contributed by atoms with van der Waals surface area (Å²) in [4.78, 5) is 1.37. The van der Waals surface area contributed by atoms with E-state index in [1.807, 2.05) is 18.8 Å². The van der Waals surface area contributed by atoms with Gasteiger partial charge in [-0.3, -0.25) is 0 Å². The second kappa shape index (κ2) is 7.07. The maximum Gasteiger partial charge on any atom is 0.0219 e. The summed E-state index contributed by atoms with van der Waals surface area (Å²) in [5.41, 5.74) is 1.42. The van der Waals surface area contributed by atoms with Gasteiger partial charge >= 0.3 is 0 Å². The van der Waals surface area contributed by atoms with Crippen molar-refractivity contribution in [3.8, 4) is 0 Å². The van der Waals surface area contributed by atoms with Crippen LogP contribution in [0.2, 0.25) is 0 Å². The molecule has 0 aliphatic rings. The summed E-state index contributed by atoms with van der Waals surface area (Å²) in [6.07, 6.45) is 1.18. The number of thioether (sulfide) groups is 1. The maximum atomic E-state index is 3.38. The highest BCUT2D eigenvalue weighted by Gasteiger charge is 2.14. The molecular formula is C15H25NS. The van der Waals surface area contributed by atoms with Crippen molar-refractivity contribution in [3.63, 3.8) is 0 Å². The van der Waals surface area contributed by atoms with Crippen molar-refractivity contribution in [1.82, 2.24) is 5.32 Å². The zero-order chi connectivity index (χ0) is 12.8. The lowest BCUT2D eigenvalue weighted by Crippen LogP contribution is -2.33. The van der Waals surface area contributed by atoms with Crippen LogP contribution in [0.4, 0.5) is 0 Å². The lowest BCUT2D eigenvalue weighted by Gasteiger charge is -2.21. The van der Waals surface area contributed by atoms with Crippen molar-refractivity contribution in [2.24, 2.45) is 0 Å². The van der Waals surface area contributed by atoms with Crippen molar-refractivity contribution in [2.45, 2.75) is 56.2 Å². The van der Waals surface area contributed by atoms with Crippen LogP contribution in [-0.4, -0.2) is 18.3 Å². The third-order valence-electron chi connectivity index (χ3n) is 3.25. The fourth-order valence-corrected chi connectivity index (χ4v) is 3.21. The Kier molecular flexibility index (Phi) is 6.07. The topological polar surface area (TPSA) is 12.0 Å². The van der Waals surface area contributed by atoms with E-state index in [4.69, 9.17) is 0 Å². The smallest absolute Gasteiger partial charge is 0.0219 e. The quantitative estimate of drug-likeness (QED) is 0.757.